The van der Waals surface area contributed by atoms with Crippen LogP contribution in [0.15, 0.2) is 30.3 Å². The van der Waals surface area contributed by atoms with Crippen LogP contribution in [0.3, 0.4) is 0 Å². The van der Waals surface area contributed by atoms with Crippen LogP contribution in [0.4, 0.5) is 0 Å². The fourth-order valence-electron chi connectivity index (χ4n) is 8.66. The second-order valence-electron chi connectivity index (χ2n) is 19.3. The lowest BCUT2D eigenvalue weighted by atomic mass is 10.0. The molecule has 1 rings (SSSR count). The molecule has 0 heterocycles. The molecule has 1 aromatic rings. The van der Waals surface area contributed by atoms with Crippen molar-refractivity contribution in [2.45, 2.75) is 276 Å². The lowest BCUT2D eigenvalue weighted by Crippen LogP contribution is -2.49. The number of hydrogen-bond donors (Lipinski definition) is 5. The lowest BCUT2D eigenvalue weighted by molar-refractivity contribution is -0.151. The van der Waals surface area contributed by atoms with Crippen molar-refractivity contribution >= 4 is 29.7 Å². The van der Waals surface area contributed by atoms with Crippen LogP contribution in [0.1, 0.15) is 251 Å². The SMILES string of the molecule is CCCCCCCCCCCC(=O)O[C@H](CCCCCCCCCCC)CC(=O)N[C@H](CC(=O)O)C(=O)NCCC[C@H](CO)NC(=O)C[C@@H](CCCCCCCCCCC)OCc1ccccc1. The molecule has 3 amide bonds. The first-order valence-corrected chi connectivity index (χ1v) is 27.7. The Labute approximate surface area is 413 Å². The van der Waals surface area contributed by atoms with Gasteiger partial charge in [0.15, 0.2) is 0 Å². The number of carbonyl (C=O) groups is 5. The van der Waals surface area contributed by atoms with Gasteiger partial charge in [0.05, 0.1) is 44.6 Å². The number of aliphatic hydroxyl groups is 1. The van der Waals surface area contributed by atoms with Crippen LogP contribution >= 0.6 is 0 Å². The van der Waals surface area contributed by atoms with Crippen molar-refractivity contribution in [2.24, 2.45) is 0 Å². The van der Waals surface area contributed by atoms with Crippen LogP contribution in [0.25, 0.3) is 0 Å². The van der Waals surface area contributed by atoms with Gasteiger partial charge >= 0.3 is 11.9 Å². The molecule has 0 fully saturated rings. The maximum Gasteiger partial charge on any atom is 0.306 e. The van der Waals surface area contributed by atoms with E-state index >= 15 is 0 Å². The van der Waals surface area contributed by atoms with Crippen LogP contribution in [-0.4, -0.2) is 77.3 Å². The van der Waals surface area contributed by atoms with Gasteiger partial charge in [-0.15, -0.1) is 0 Å². The average molecular weight is 958 g/mol. The van der Waals surface area contributed by atoms with Gasteiger partial charge in [0, 0.05) is 13.0 Å². The number of hydrogen-bond acceptors (Lipinski definition) is 8. The van der Waals surface area contributed by atoms with Crippen molar-refractivity contribution in [1.82, 2.24) is 16.0 Å². The van der Waals surface area contributed by atoms with Gasteiger partial charge in [0.2, 0.25) is 17.7 Å². The number of ether oxygens (including phenoxy) is 2. The summed E-state index contributed by atoms with van der Waals surface area (Å²) in [6, 6.07) is 8.03. The molecule has 1 aromatic carbocycles. The Hall–Kier alpha value is -3.51. The summed E-state index contributed by atoms with van der Waals surface area (Å²) in [6.07, 6.45) is 32.1. The lowest BCUT2D eigenvalue weighted by Gasteiger charge is -2.22. The van der Waals surface area contributed by atoms with Crippen molar-refractivity contribution in [3.63, 3.8) is 0 Å². The first-order valence-electron chi connectivity index (χ1n) is 27.7. The standard InChI is InChI=1S/C56H99N3O9/c1-4-7-10-13-16-19-22-25-31-38-49(67-46-47-35-29-28-30-36-47)42-52(61)58-48(45-60)37-34-41-57-56(66)51(44-54(63)64)59-53(62)43-50(39-32-26-23-20-17-14-11-8-5-2)68-55(65)40-33-27-24-21-18-15-12-9-6-3/h28-30,35-36,48-51,60H,4-27,31-34,37-46H2,1-3H3,(H,57,66)(H,58,61)(H,59,62)(H,63,64)/t48-,49-,50-,51-/m1/s1. The zero-order chi connectivity index (χ0) is 49.7. The quantitative estimate of drug-likeness (QED) is 0.0314. The molecule has 0 aliphatic carbocycles. The Balaban J connectivity index is 2.68. The molecule has 4 atom stereocenters. The molecule has 392 valence electrons. The minimum atomic E-state index is -1.32. The molecule has 0 aromatic heterocycles. The molecule has 5 N–H and O–H groups in total. The summed E-state index contributed by atoms with van der Waals surface area (Å²) in [6.45, 7) is 6.93. The molecule has 12 heteroatoms. The third-order valence-electron chi connectivity index (χ3n) is 12.8. The van der Waals surface area contributed by atoms with Crippen molar-refractivity contribution in [1.29, 1.82) is 0 Å². The fourth-order valence-corrected chi connectivity index (χ4v) is 8.66. The molecule has 0 spiro atoms. The van der Waals surface area contributed by atoms with Crippen molar-refractivity contribution < 1.29 is 43.7 Å². The average Bonchev–Trinajstić information content (AvgIpc) is 3.32. The van der Waals surface area contributed by atoms with E-state index in [-0.39, 0.29) is 44.0 Å². The van der Waals surface area contributed by atoms with Crippen LogP contribution in [0.5, 0.6) is 0 Å². The molecule has 0 radical (unpaired) electrons. The van der Waals surface area contributed by atoms with Gasteiger partial charge in [-0.1, -0.05) is 212 Å². The first kappa shape index (κ1) is 62.5. The van der Waals surface area contributed by atoms with Crippen molar-refractivity contribution in [3.8, 4) is 0 Å². The molecule has 68 heavy (non-hydrogen) atoms. The number of nitrogens with one attached hydrogen (secondary N) is 3. The minimum Gasteiger partial charge on any atom is -0.481 e. The fraction of sp³-hybridized carbons (Fsp3) is 0.804. The zero-order valence-corrected chi connectivity index (χ0v) is 43.3. The van der Waals surface area contributed by atoms with Gasteiger partial charge in [-0.05, 0) is 44.1 Å². The van der Waals surface area contributed by atoms with Gasteiger partial charge in [-0.25, -0.2) is 0 Å². The molecular formula is C56H99N3O9. The second kappa shape index (κ2) is 44.7. The van der Waals surface area contributed by atoms with Gasteiger partial charge in [-0.2, -0.15) is 0 Å². The van der Waals surface area contributed by atoms with Gasteiger partial charge in [0.1, 0.15) is 12.1 Å². The topological polar surface area (TPSA) is 180 Å². The Morgan fingerprint density at radius 2 is 0.985 bits per heavy atom. The van der Waals surface area contributed by atoms with Crippen LogP contribution in [-0.2, 0) is 40.1 Å². The van der Waals surface area contributed by atoms with Crippen LogP contribution in [0.2, 0.25) is 0 Å². The summed E-state index contributed by atoms with van der Waals surface area (Å²) >= 11 is 0. The van der Waals surface area contributed by atoms with Gasteiger partial charge < -0.3 is 35.6 Å². The molecule has 0 saturated carbocycles. The van der Waals surface area contributed by atoms with E-state index in [4.69, 9.17) is 9.47 Å². The maximum atomic E-state index is 13.4. The van der Waals surface area contributed by atoms with Gasteiger partial charge in [-0.3, -0.25) is 24.0 Å². The normalized spacial score (nSPS) is 13.1. The zero-order valence-electron chi connectivity index (χ0n) is 43.3. The number of esters is 1. The Kier molecular flexibility index (Phi) is 41.1. The van der Waals surface area contributed by atoms with E-state index in [9.17, 15) is 34.2 Å². The first-order chi connectivity index (χ1) is 33.1. The third-order valence-corrected chi connectivity index (χ3v) is 12.8. The molecule has 0 aliphatic heterocycles. The molecule has 12 nitrogen and oxygen atoms in total. The highest BCUT2D eigenvalue weighted by molar-refractivity contribution is 5.90. The number of rotatable bonds is 48. The number of carboxylic acid groups (broad SMARTS) is 1. The Bertz CT molecular complexity index is 1400. The van der Waals surface area contributed by atoms with E-state index in [2.05, 4.69) is 36.7 Å². The number of amides is 3. The molecule has 0 bridgehead atoms. The van der Waals surface area contributed by atoms with E-state index in [1.807, 2.05) is 30.3 Å². The summed E-state index contributed by atoms with van der Waals surface area (Å²) in [5.74, 6) is -2.97. The van der Waals surface area contributed by atoms with E-state index in [0.29, 0.717) is 32.3 Å². The summed E-state index contributed by atoms with van der Waals surface area (Å²) < 4.78 is 12.1. The Morgan fingerprint density at radius 1 is 0.529 bits per heavy atom. The van der Waals surface area contributed by atoms with Crippen LogP contribution < -0.4 is 16.0 Å². The summed E-state index contributed by atoms with van der Waals surface area (Å²) in [4.78, 5) is 64.6. The number of unbranched alkanes of at least 4 members (excludes halogenated alkanes) is 24. The Morgan fingerprint density at radius 3 is 1.49 bits per heavy atom. The predicted octanol–water partition coefficient (Wildman–Crippen LogP) is 12.4. The largest absolute Gasteiger partial charge is 0.481 e. The van der Waals surface area contributed by atoms with Crippen molar-refractivity contribution in [3.05, 3.63) is 35.9 Å². The smallest absolute Gasteiger partial charge is 0.306 e. The van der Waals surface area contributed by atoms with E-state index < -0.39 is 42.4 Å². The van der Waals surface area contributed by atoms with Crippen molar-refractivity contribution in [2.75, 3.05) is 13.2 Å². The predicted molar refractivity (Wildman–Crippen MR) is 275 cm³/mol. The summed E-state index contributed by atoms with van der Waals surface area (Å²) in [7, 11) is 0. The van der Waals surface area contributed by atoms with E-state index in [1.54, 1.807) is 0 Å². The third kappa shape index (κ3) is 37.4. The van der Waals surface area contributed by atoms with Gasteiger partial charge in [0.25, 0.3) is 0 Å². The highest BCUT2D eigenvalue weighted by Crippen LogP contribution is 2.19. The molecule has 0 aliphatic rings. The van der Waals surface area contributed by atoms with E-state index in [1.165, 1.54) is 116 Å². The van der Waals surface area contributed by atoms with Crippen LogP contribution in [0, 0.1) is 0 Å². The maximum absolute atomic E-state index is 13.4. The molecule has 0 unspecified atom stereocenters. The second-order valence-corrected chi connectivity index (χ2v) is 19.3. The molecular weight excluding hydrogens is 859 g/mol. The number of aliphatic hydroxyl groups excluding tert-OH is 1. The highest BCUT2D eigenvalue weighted by atomic mass is 16.5. The van der Waals surface area contributed by atoms with E-state index in [0.717, 1.165) is 69.8 Å². The number of carbonyl (C=O) groups excluding carboxylic acids is 4. The highest BCUT2D eigenvalue weighted by Gasteiger charge is 2.26. The molecule has 0 saturated heterocycles. The minimum absolute atomic E-state index is 0.149. The number of benzene rings is 1. The number of carboxylic acids is 1. The summed E-state index contributed by atoms with van der Waals surface area (Å²) in [5, 5.41) is 28.0. The number of aliphatic carboxylic acids is 1. The summed E-state index contributed by atoms with van der Waals surface area (Å²) in [5.41, 5.74) is 1.04. The monoisotopic (exact) mass is 958 g/mol.